The summed E-state index contributed by atoms with van der Waals surface area (Å²) in [4.78, 5) is 0. The summed E-state index contributed by atoms with van der Waals surface area (Å²) in [5.41, 5.74) is 2.05. The molecule has 1 N–H and O–H groups in total. The van der Waals surface area contributed by atoms with E-state index in [1.54, 1.807) is 11.7 Å². The Balaban J connectivity index is 1.95. The molecule has 2 aromatic heterocycles. The fourth-order valence-corrected chi connectivity index (χ4v) is 3.60. The van der Waals surface area contributed by atoms with Crippen LogP contribution in [0.2, 0.25) is 0 Å². The van der Waals surface area contributed by atoms with Gasteiger partial charge in [0.1, 0.15) is 5.75 Å². The number of fused-ring (bicyclic) bond motifs is 2. The van der Waals surface area contributed by atoms with Gasteiger partial charge in [0.05, 0.1) is 7.11 Å². The lowest BCUT2D eigenvalue weighted by Gasteiger charge is -2.06. The largest absolute Gasteiger partial charge is 0.497 e. The van der Waals surface area contributed by atoms with Crippen molar-refractivity contribution < 1.29 is 9.84 Å². The number of aromatic hydroxyl groups is 1. The maximum absolute atomic E-state index is 10.6. The predicted molar refractivity (Wildman–Crippen MR) is 95.7 cm³/mol. The lowest BCUT2D eigenvalue weighted by atomic mass is 10.2. The molecule has 2 aromatic carbocycles. The summed E-state index contributed by atoms with van der Waals surface area (Å²) in [6.45, 7) is 0. The van der Waals surface area contributed by atoms with E-state index in [9.17, 15) is 5.11 Å². The number of aromatic nitrogens is 2. The molecule has 0 aliphatic rings. The maximum Gasteiger partial charge on any atom is 0.203 e. The van der Waals surface area contributed by atoms with Crippen LogP contribution in [0.4, 0.5) is 0 Å². The quantitative estimate of drug-likeness (QED) is 0.560. The third-order valence-corrected chi connectivity index (χ3v) is 4.83. The van der Waals surface area contributed by atoms with E-state index in [0.717, 1.165) is 37.6 Å². The number of hydrogen-bond donors (Lipinski definition) is 1. The summed E-state index contributed by atoms with van der Waals surface area (Å²) < 4.78 is 10.1. The number of hydrogen-bond acceptors (Lipinski definition) is 2. The number of benzene rings is 2. The van der Waals surface area contributed by atoms with E-state index >= 15 is 0 Å². The lowest BCUT2D eigenvalue weighted by molar-refractivity contribution is 0.414. The van der Waals surface area contributed by atoms with Crippen molar-refractivity contribution >= 4 is 37.6 Å². The second-order valence-corrected chi connectivity index (χ2v) is 6.42. The number of methoxy groups -OCH3 is 1. The van der Waals surface area contributed by atoms with Crippen LogP contribution in [0, 0.1) is 0 Å². The Kier molecular flexibility index (Phi) is 3.13. The van der Waals surface area contributed by atoms with E-state index in [1.165, 1.54) is 0 Å². The van der Waals surface area contributed by atoms with Gasteiger partial charge in [0.15, 0.2) is 0 Å². The summed E-state index contributed by atoms with van der Waals surface area (Å²) in [6, 6.07) is 11.8. The number of nitrogens with zero attached hydrogens (tertiary/aromatic N) is 2. The van der Waals surface area contributed by atoms with Gasteiger partial charge in [-0.2, -0.15) is 0 Å². The Bertz CT molecular complexity index is 1050. The van der Waals surface area contributed by atoms with Crippen LogP contribution in [0.3, 0.4) is 0 Å². The first-order chi connectivity index (χ1) is 11.1. The molecular formula is C18H15BrN2O2. The molecule has 0 unspecified atom stereocenters. The van der Waals surface area contributed by atoms with E-state index in [4.69, 9.17) is 4.74 Å². The highest BCUT2D eigenvalue weighted by atomic mass is 79.9. The van der Waals surface area contributed by atoms with Crippen LogP contribution in [-0.2, 0) is 7.05 Å². The second kappa shape index (κ2) is 5.06. The van der Waals surface area contributed by atoms with Gasteiger partial charge in [-0.1, -0.05) is 0 Å². The van der Waals surface area contributed by atoms with Crippen molar-refractivity contribution in [2.24, 2.45) is 7.05 Å². The summed E-state index contributed by atoms with van der Waals surface area (Å²) in [5.74, 6) is 0.942. The molecule has 4 aromatic rings. The molecular weight excluding hydrogens is 356 g/mol. The van der Waals surface area contributed by atoms with Gasteiger partial charge in [0, 0.05) is 51.3 Å². The van der Waals surface area contributed by atoms with E-state index < -0.39 is 0 Å². The van der Waals surface area contributed by atoms with Crippen molar-refractivity contribution in [3.8, 4) is 17.3 Å². The molecule has 0 aliphatic carbocycles. The Morgan fingerprint density at radius 2 is 1.87 bits per heavy atom. The third kappa shape index (κ3) is 2.11. The zero-order valence-electron chi connectivity index (χ0n) is 12.7. The van der Waals surface area contributed by atoms with Crippen molar-refractivity contribution in [1.82, 2.24) is 9.13 Å². The molecule has 0 radical (unpaired) electrons. The molecule has 0 aliphatic heterocycles. The van der Waals surface area contributed by atoms with Crippen LogP contribution in [0.25, 0.3) is 27.4 Å². The molecule has 0 saturated heterocycles. The highest BCUT2D eigenvalue weighted by molar-refractivity contribution is 9.10. The third-order valence-electron chi connectivity index (χ3n) is 4.20. The molecule has 0 bridgehead atoms. The minimum absolute atomic E-state index is 0.213. The average Bonchev–Trinajstić information content (AvgIpc) is 3.04. The van der Waals surface area contributed by atoms with Gasteiger partial charge in [-0.25, -0.2) is 0 Å². The minimum Gasteiger partial charge on any atom is -0.497 e. The Morgan fingerprint density at radius 3 is 2.65 bits per heavy atom. The number of halogens is 1. The van der Waals surface area contributed by atoms with Crippen molar-refractivity contribution in [2.45, 2.75) is 0 Å². The number of rotatable bonds is 2. The van der Waals surface area contributed by atoms with Crippen molar-refractivity contribution in [3.63, 3.8) is 0 Å². The minimum atomic E-state index is 0.213. The molecule has 4 nitrogen and oxygen atoms in total. The summed E-state index contributed by atoms with van der Waals surface area (Å²) >= 11 is 3.59. The van der Waals surface area contributed by atoms with Crippen LogP contribution in [0.15, 0.2) is 53.3 Å². The predicted octanol–water partition coefficient (Wildman–Crippen LogP) is 4.60. The van der Waals surface area contributed by atoms with E-state index in [1.807, 2.05) is 43.7 Å². The van der Waals surface area contributed by atoms with Gasteiger partial charge in [0.2, 0.25) is 5.88 Å². The SMILES string of the molecule is COc1ccc2cn(-c3ccc4c(c3)c(Br)cn4C)c(O)c2c1. The molecule has 4 rings (SSSR count). The summed E-state index contributed by atoms with van der Waals surface area (Å²) in [6.07, 6.45) is 3.97. The van der Waals surface area contributed by atoms with Crippen molar-refractivity contribution in [1.29, 1.82) is 0 Å². The zero-order chi connectivity index (χ0) is 16.1. The normalized spacial score (nSPS) is 11.4. The van der Waals surface area contributed by atoms with Gasteiger partial charge in [-0.3, -0.25) is 4.57 Å². The second-order valence-electron chi connectivity index (χ2n) is 5.57. The Labute approximate surface area is 141 Å². The highest BCUT2D eigenvalue weighted by Crippen LogP contribution is 2.34. The topological polar surface area (TPSA) is 39.3 Å². The lowest BCUT2D eigenvalue weighted by Crippen LogP contribution is -1.91. The van der Waals surface area contributed by atoms with Crippen LogP contribution in [0.5, 0.6) is 11.6 Å². The standard InChI is InChI=1S/C18H15BrN2O2/c1-20-10-16(19)15-7-12(4-6-17(15)20)21-9-11-3-5-13(23-2)8-14(11)18(21)22/h3-10,22H,1-2H3. The highest BCUT2D eigenvalue weighted by Gasteiger charge is 2.12. The van der Waals surface area contributed by atoms with Gasteiger partial charge in [-0.05, 0) is 52.3 Å². The van der Waals surface area contributed by atoms with Gasteiger partial charge >= 0.3 is 0 Å². The molecule has 116 valence electrons. The van der Waals surface area contributed by atoms with Crippen molar-refractivity contribution in [2.75, 3.05) is 7.11 Å². The van der Waals surface area contributed by atoms with Crippen LogP contribution >= 0.6 is 15.9 Å². The van der Waals surface area contributed by atoms with E-state index in [-0.39, 0.29) is 5.88 Å². The molecule has 0 amide bonds. The van der Waals surface area contributed by atoms with Crippen LogP contribution in [-0.4, -0.2) is 21.4 Å². The van der Waals surface area contributed by atoms with Crippen LogP contribution < -0.4 is 4.74 Å². The average molecular weight is 371 g/mol. The monoisotopic (exact) mass is 370 g/mol. The summed E-state index contributed by atoms with van der Waals surface area (Å²) in [5, 5.41) is 13.5. The fourth-order valence-electron chi connectivity index (χ4n) is 2.98. The van der Waals surface area contributed by atoms with Gasteiger partial charge < -0.3 is 14.4 Å². The van der Waals surface area contributed by atoms with E-state index in [2.05, 4.69) is 32.6 Å². The first-order valence-corrected chi connectivity index (χ1v) is 8.01. The molecule has 0 spiro atoms. The molecule has 0 atom stereocenters. The number of ether oxygens (including phenoxy) is 1. The zero-order valence-corrected chi connectivity index (χ0v) is 14.3. The number of aryl methyl sites for hydroxylation is 1. The smallest absolute Gasteiger partial charge is 0.203 e. The summed E-state index contributed by atoms with van der Waals surface area (Å²) in [7, 11) is 3.64. The first kappa shape index (κ1) is 14.2. The molecule has 0 fully saturated rings. The van der Waals surface area contributed by atoms with E-state index in [0.29, 0.717) is 0 Å². The van der Waals surface area contributed by atoms with Gasteiger partial charge in [0.25, 0.3) is 0 Å². The molecule has 2 heterocycles. The first-order valence-electron chi connectivity index (χ1n) is 7.21. The van der Waals surface area contributed by atoms with Crippen molar-refractivity contribution in [3.05, 3.63) is 53.3 Å². The fraction of sp³-hybridized carbons (Fsp3) is 0.111. The Morgan fingerprint density at radius 1 is 1.04 bits per heavy atom. The van der Waals surface area contributed by atoms with Gasteiger partial charge in [-0.15, -0.1) is 0 Å². The van der Waals surface area contributed by atoms with Crippen LogP contribution in [0.1, 0.15) is 0 Å². The Hall–Kier alpha value is -2.40. The molecule has 23 heavy (non-hydrogen) atoms. The molecule has 5 heteroatoms. The maximum atomic E-state index is 10.6. The molecule has 0 saturated carbocycles.